The number of aryl methyl sites for hydroxylation is 2. The first-order valence-electron chi connectivity index (χ1n) is 12.3. The van der Waals surface area contributed by atoms with Crippen molar-refractivity contribution >= 4 is 46.3 Å². The summed E-state index contributed by atoms with van der Waals surface area (Å²) in [7, 11) is 0. The van der Waals surface area contributed by atoms with E-state index >= 15 is 0 Å². The maximum absolute atomic E-state index is 11.7. The van der Waals surface area contributed by atoms with E-state index < -0.39 is 0 Å². The third-order valence-electron chi connectivity index (χ3n) is 7.19. The number of nitrogens with one attached hydrogen (secondary N) is 2. The highest BCUT2D eigenvalue weighted by atomic mass is 35.5. The van der Waals surface area contributed by atoms with Crippen LogP contribution in [0.2, 0.25) is 5.02 Å². The van der Waals surface area contributed by atoms with Gasteiger partial charge in [0.1, 0.15) is 5.52 Å². The molecule has 0 radical (unpaired) electrons. The number of ether oxygens (including phenoxy) is 1. The number of carbonyl (C=O) groups excluding carboxylic acids is 1. The predicted octanol–water partition coefficient (Wildman–Crippen LogP) is 4.65. The molecule has 0 unspecified atom stereocenters. The number of rotatable bonds is 6. The van der Waals surface area contributed by atoms with Crippen LogP contribution in [0.5, 0.6) is 0 Å². The van der Waals surface area contributed by atoms with Gasteiger partial charge < -0.3 is 21.1 Å². The zero-order valence-electron chi connectivity index (χ0n) is 20.2. The van der Waals surface area contributed by atoms with E-state index in [1.54, 1.807) is 6.20 Å². The molecule has 4 N–H and O–H groups in total. The van der Waals surface area contributed by atoms with Gasteiger partial charge in [-0.25, -0.2) is 9.97 Å². The van der Waals surface area contributed by atoms with Crippen molar-refractivity contribution in [3.63, 3.8) is 0 Å². The monoisotopic (exact) mass is 497 g/mol. The zero-order chi connectivity index (χ0) is 24.5. The molecule has 2 aromatic heterocycles. The molecule has 1 amide bonds. The Bertz CT molecular complexity index is 1210. The molecule has 0 bridgehead atoms. The van der Waals surface area contributed by atoms with Crippen LogP contribution in [-0.4, -0.2) is 44.7 Å². The summed E-state index contributed by atoms with van der Waals surface area (Å²) in [5.74, 6) is 1.03. The molecule has 186 valence electrons. The molecule has 1 aliphatic heterocycles. The molecule has 2 aliphatic rings. The smallest absolute Gasteiger partial charge is 0.224 e. The van der Waals surface area contributed by atoms with Gasteiger partial charge in [-0.2, -0.15) is 4.98 Å². The fraction of sp³-hybridized carbons (Fsp3) is 0.520. The lowest BCUT2D eigenvalue weighted by molar-refractivity contribution is -0.122. The van der Waals surface area contributed by atoms with Gasteiger partial charge in [0, 0.05) is 41.9 Å². The van der Waals surface area contributed by atoms with Crippen LogP contribution in [0, 0.1) is 19.8 Å². The van der Waals surface area contributed by atoms with Gasteiger partial charge in [0.25, 0.3) is 0 Å². The Labute approximate surface area is 209 Å². The van der Waals surface area contributed by atoms with E-state index in [1.165, 1.54) is 0 Å². The molecule has 35 heavy (non-hydrogen) atoms. The van der Waals surface area contributed by atoms with Crippen molar-refractivity contribution in [1.82, 2.24) is 19.5 Å². The van der Waals surface area contributed by atoms with Crippen molar-refractivity contribution in [3.8, 4) is 0 Å². The summed E-state index contributed by atoms with van der Waals surface area (Å²) >= 11 is 6.26. The van der Waals surface area contributed by atoms with Crippen molar-refractivity contribution in [2.24, 2.45) is 11.7 Å². The minimum absolute atomic E-state index is 0.0708. The standard InChI is InChI=1S/C25H32ClN7O2/c1-14-11-17(26)12-15(2)21(14)31-25-30-20-13-28-24(29-18-7-9-35-10-8-18)32-23(20)33(25)19-5-3-16(4-6-19)22(27)34/h11-13,16,18-19H,3-10H2,1-2H3,(H2,27,34)(H,30,31)(H,28,29,32). The van der Waals surface area contributed by atoms with Crippen LogP contribution in [0.25, 0.3) is 11.2 Å². The highest BCUT2D eigenvalue weighted by Crippen LogP contribution is 2.38. The normalized spacial score (nSPS) is 21.2. The number of carbonyl (C=O) groups is 1. The molecule has 5 rings (SSSR count). The highest BCUT2D eigenvalue weighted by molar-refractivity contribution is 6.30. The average Bonchev–Trinajstić information content (AvgIpc) is 3.19. The average molecular weight is 498 g/mol. The van der Waals surface area contributed by atoms with Gasteiger partial charge in [-0.15, -0.1) is 0 Å². The van der Waals surface area contributed by atoms with Crippen LogP contribution in [0.1, 0.15) is 55.7 Å². The Hall–Kier alpha value is -2.91. The summed E-state index contributed by atoms with van der Waals surface area (Å²) in [6, 6.07) is 4.33. The Kier molecular flexibility index (Phi) is 6.80. The van der Waals surface area contributed by atoms with E-state index in [9.17, 15) is 4.79 Å². The largest absolute Gasteiger partial charge is 0.381 e. The van der Waals surface area contributed by atoms with Gasteiger partial charge in [0.05, 0.1) is 6.20 Å². The number of fused-ring (bicyclic) bond motifs is 1. The van der Waals surface area contributed by atoms with Crippen LogP contribution >= 0.6 is 11.6 Å². The maximum Gasteiger partial charge on any atom is 0.224 e. The first-order chi connectivity index (χ1) is 16.9. The van der Waals surface area contributed by atoms with Gasteiger partial charge in [-0.05, 0) is 75.6 Å². The number of amides is 1. The third kappa shape index (κ3) is 5.06. The quantitative estimate of drug-likeness (QED) is 0.453. The number of nitrogens with two attached hydrogens (primary N) is 1. The minimum Gasteiger partial charge on any atom is -0.381 e. The van der Waals surface area contributed by atoms with E-state index in [4.69, 9.17) is 32.0 Å². The molecular weight excluding hydrogens is 466 g/mol. The molecule has 1 saturated heterocycles. The lowest BCUT2D eigenvalue weighted by Gasteiger charge is -2.29. The molecule has 1 aliphatic carbocycles. The Morgan fingerprint density at radius 2 is 1.77 bits per heavy atom. The Balaban J connectivity index is 1.52. The summed E-state index contributed by atoms with van der Waals surface area (Å²) in [5.41, 5.74) is 10.2. The van der Waals surface area contributed by atoms with Gasteiger partial charge in [-0.1, -0.05) is 11.6 Å². The summed E-state index contributed by atoms with van der Waals surface area (Å²) in [6.45, 7) is 5.55. The molecule has 1 aromatic carbocycles. The summed E-state index contributed by atoms with van der Waals surface area (Å²) < 4.78 is 7.65. The van der Waals surface area contributed by atoms with Gasteiger partial charge in [-0.3, -0.25) is 9.36 Å². The van der Waals surface area contributed by atoms with Gasteiger partial charge in [0.2, 0.25) is 17.8 Å². The predicted molar refractivity (Wildman–Crippen MR) is 137 cm³/mol. The molecule has 10 heteroatoms. The van der Waals surface area contributed by atoms with Crippen molar-refractivity contribution in [2.75, 3.05) is 23.8 Å². The molecule has 3 aromatic rings. The number of primary amides is 1. The van der Waals surface area contributed by atoms with Crippen molar-refractivity contribution < 1.29 is 9.53 Å². The Morgan fingerprint density at radius 1 is 1.09 bits per heavy atom. The third-order valence-corrected chi connectivity index (χ3v) is 7.40. The summed E-state index contributed by atoms with van der Waals surface area (Å²) in [6.07, 6.45) is 6.83. The van der Waals surface area contributed by atoms with Crippen LogP contribution in [0.3, 0.4) is 0 Å². The first kappa shape index (κ1) is 23.8. The molecular formula is C25H32ClN7O2. The second-order valence-corrected chi connectivity index (χ2v) is 10.1. The second-order valence-electron chi connectivity index (χ2n) is 9.69. The van der Waals surface area contributed by atoms with Gasteiger partial charge in [0.15, 0.2) is 5.65 Å². The second kappa shape index (κ2) is 9.99. The van der Waals surface area contributed by atoms with E-state index in [2.05, 4.69) is 20.2 Å². The van der Waals surface area contributed by atoms with E-state index in [0.717, 1.165) is 79.7 Å². The molecule has 0 spiro atoms. The summed E-state index contributed by atoms with van der Waals surface area (Å²) in [4.78, 5) is 26.1. The van der Waals surface area contributed by atoms with Crippen LogP contribution in [-0.2, 0) is 9.53 Å². The van der Waals surface area contributed by atoms with Crippen LogP contribution < -0.4 is 16.4 Å². The number of benzene rings is 1. The van der Waals surface area contributed by atoms with E-state index in [1.807, 2.05) is 26.0 Å². The number of imidazole rings is 1. The molecule has 1 saturated carbocycles. The fourth-order valence-corrected chi connectivity index (χ4v) is 5.58. The number of nitrogens with zero attached hydrogens (tertiary/aromatic N) is 4. The summed E-state index contributed by atoms with van der Waals surface area (Å²) in [5, 5.41) is 7.73. The molecule has 9 nitrogen and oxygen atoms in total. The topological polar surface area (TPSA) is 120 Å². The van der Waals surface area contributed by atoms with Crippen molar-refractivity contribution in [3.05, 3.63) is 34.5 Å². The van der Waals surface area contributed by atoms with Crippen molar-refractivity contribution in [2.45, 2.75) is 64.5 Å². The van der Waals surface area contributed by atoms with Crippen LogP contribution in [0.4, 0.5) is 17.6 Å². The lowest BCUT2D eigenvalue weighted by atomic mass is 9.85. The highest BCUT2D eigenvalue weighted by Gasteiger charge is 2.29. The van der Waals surface area contributed by atoms with E-state index in [-0.39, 0.29) is 17.9 Å². The number of hydrogen-bond acceptors (Lipinski definition) is 7. The number of hydrogen-bond donors (Lipinski definition) is 3. The first-order valence-corrected chi connectivity index (χ1v) is 12.7. The molecule has 2 fully saturated rings. The molecule has 3 heterocycles. The lowest BCUT2D eigenvalue weighted by Crippen LogP contribution is -2.29. The number of halogens is 1. The fourth-order valence-electron chi connectivity index (χ4n) is 5.26. The molecule has 0 atom stereocenters. The maximum atomic E-state index is 11.7. The number of anilines is 3. The van der Waals surface area contributed by atoms with Gasteiger partial charge >= 0.3 is 0 Å². The zero-order valence-corrected chi connectivity index (χ0v) is 20.9. The number of aromatic nitrogens is 4. The minimum atomic E-state index is -0.213. The van der Waals surface area contributed by atoms with Crippen LogP contribution in [0.15, 0.2) is 18.3 Å². The SMILES string of the molecule is Cc1cc(Cl)cc(C)c1Nc1nc2cnc(NC3CCOCC3)nc2n1C1CCC(C(N)=O)CC1. The Morgan fingerprint density at radius 3 is 2.43 bits per heavy atom. The van der Waals surface area contributed by atoms with E-state index in [0.29, 0.717) is 23.0 Å². The van der Waals surface area contributed by atoms with Crippen molar-refractivity contribution in [1.29, 1.82) is 0 Å².